The Hall–Kier alpha value is -2.71. The molecule has 0 saturated carbocycles. The minimum absolute atomic E-state index is 0. The minimum atomic E-state index is -1.17. The van der Waals surface area contributed by atoms with Crippen molar-refractivity contribution >= 4 is 52.3 Å². The smallest absolute Gasteiger partial charge is 0.549 e. The summed E-state index contributed by atoms with van der Waals surface area (Å²) in [6.07, 6.45) is 4.24. The monoisotopic (exact) mass is 619 g/mol. The Labute approximate surface area is 275 Å². The molecule has 206 valence electrons. The van der Waals surface area contributed by atoms with E-state index in [1.54, 1.807) is 42.5 Å². The quantitative estimate of drug-likeness (QED) is 0.276. The van der Waals surface area contributed by atoms with Gasteiger partial charge in [0.05, 0.1) is 11.6 Å². The van der Waals surface area contributed by atoms with Crippen LogP contribution < -0.4 is 49.5 Å². The zero-order valence-electron chi connectivity index (χ0n) is 22.3. The molecule has 1 aliphatic rings. The number of rotatable bonds is 10. The maximum atomic E-state index is 12.7. The largest absolute Gasteiger partial charge is 1.00 e. The van der Waals surface area contributed by atoms with E-state index in [0.717, 1.165) is 16.7 Å². The number of fused-ring (bicyclic) bond motifs is 1. The molecule has 0 fully saturated rings. The summed E-state index contributed by atoms with van der Waals surface area (Å²) in [6.45, 7) is 8.10. The number of halogens is 3. The Morgan fingerprint density at radius 3 is 2.41 bits per heavy atom. The number of nitrogens with one attached hydrogen (secondary N) is 1. The van der Waals surface area contributed by atoms with Gasteiger partial charge in [-0.15, -0.1) is 0 Å². The van der Waals surface area contributed by atoms with Crippen molar-refractivity contribution in [3.63, 3.8) is 0 Å². The standard InChI is InChI=1S/C31H26Cl3NO5.Na/c1-3-4-23(18(2)32)21-6-5-19(26(33)15-21)11-13-35-30(36)20-7-9-22(10-8-20)40-29-17-28-25(16-27(29)34)24(31(37)38)12-14-39-28;/h3-10,15-17,24H,1-2,11-14H2,(H,35,36)(H,37,38);/q;+1/p-1/b23-4+;. The van der Waals surface area contributed by atoms with Gasteiger partial charge < -0.3 is 24.7 Å². The average molecular weight is 621 g/mol. The van der Waals surface area contributed by atoms with Crippen LogP contribution in [0.4, 0.5) is 0 Å². The predicted molar refractivity (Wildman–Crippen MR) is 156 cm³/mol. The van der Waals surface area contributed by atoms with Gasteiger partial charge in [-0.25, -0.2) is 0 Å². The number of carboxylic acid groups (broad SMARTS) is 1. The van der Waals surface area contributed by atoms with Gasteiger partial charge in [0.25, 0.3) is 5.91 Å². The summed E-state index contributed by atoms with van der Waals surface area (Å²) in [5.41, 5.74) is 3.35. The topological polar surface area (TPSA) is 87.7 Å². The molecule has 0 bridgehead atoms. The summed E-state index contributed by atoms with van der Waals surface area (Å²) in [5, 5.41) is 15.5. The molecule has 3 aromatic carbocycles. The summed E-state index contributed by atoms with van der Waals surface area (Å²) in [6, 6.07) is 15.2. The van der Waals surface area contributed by atoms with Crippen LogP contribution in [0, 0.1) is 0 Å². The Morgan fingerprint density at radius 1 is 1.07 bits per heavy atom. The van der Waals surface area contributed by atoms with Crippen LogP contribution in [0.3, 0.4) is 0 Å². The molecule has 10 heteroatoms. The maximum absolute atomic E-state index is 12.7. The molecule has 1 amide bonds. The number of carbonyl (C=O) groups is 2. The number of benzene rings is 3. The summed E-state index contributed by atoms with van der Waals surface area (Å²) in [7, 11) is 0. The van der Waals surface area contributed by atoms with Crippen LogP contribution in [0.25, 0.3) is 5.57 Å². The molecule has 0 saturated heterocycles. The second kappa shape index (κ2) is 15.0. The predicted octanol–water partition coefficient (Wildman–Crippen LogP) is 3.70. The number of hydrogen-bond donors (Lipinski definition) is 1. The first-order chi connectivity index (χ1) is 19.2. The maximum Gasteiger partial charge on any atom is 1.00 e. The van der Waals surface area contributed by atoms with E-state index >= 15 is 0 Å². The molecule has 6 nitrogen and oxygen atoms in total. The number of carboxylic acids is 1. The van der Waals surface area contributed by atoms with Gasteiger partial charge in [0.2, 0.25) is 0 Å². The van der Waals surface area contributed by atoms with Crippen LogP contribution in [0.1, 0.15) is 39.4 Å². The minimum Gasteiger partial charge on any atom is -0.549 e. The second-order valence-corrected chi connectivity index (χ2v) is 10.3. The van der Waals surface area contributed by atoms with Crippen molar-refractivity contribution in [2.75, 3.05) is 13.2 Å². The first kappa shape index (κ1) is 32.8. The van der Waals surface area contributed by atoms with Gasteiger partial charge in [0.15, 0.2) is 0 Å². The van der Waals surface area contributed by atoms with Gasteiger partial charge >= 0.3 is 29.6 Å². The summed E-state index contributed by atoms with van der Waals surface area (Å²) in [5.74, 6) is -1.06. The van der Waals surface area contributed by atoms with E-state index in [9.17, 15) is 14.7 Å². The average Bonchev–Trinajstić information content (AvgIpc) is 2.92. The molecular weight excluding hydrogens is 596 g/mol. The van der Waals surface area contributed by atoms with Crippen LogP contribution >= 0.6 is 34.8 Å². The zero-order chi connectivity index (χ0) is 28.8. The number of allylic oxidation sites excluding steroid dienone is 4. The van der Waals surface area contributed by atoms with E-state index < -0.39 is 11.9 Å². The van der Waals surface area contributed by atoms with Gasteiger partial charge in [-0.2, -0.15) is 0 Å². The fourth-order valence-corrected chi connectivity index (χ4v) is 4.96. The molecule has 0 aromatic heterocycles. The molecule has 0 aliphatic carbocycles. The summed E-state index contributed by atoms with van der Waals surface area (Å²) >= 11 is 18.9. The van der Waals surface area contributed by atoms with Crippen molar-refractivity contribution in [3.05, 3.63) is 117 Å². The Bertz CT molecular complexity index is 1500. The van der Waals surface area contributed by atoms with Gasteiger partial charge in [-0.05, 0) is 65.9 Å². The van der Waals surface area contributed by atoms with Crippen molar-refractivity contribution in [1.29, 1.82) is 0 Å². The SMILES string of the molecule is C=C/C=C(\C(=C)Cl)c1ccc(CCNC(=O)c2ccc(Oc3cc4c(cc3Cl)C(C(=O)[O-])CCO4)cc2)c(Cl)c1.[Na+]. The number of ether oxygens (including phenoxy) is 2. The fraction of sp³-hybridized carbons (Fsp3) is 0.161. The molecule has 4 rings (SSSR count). The van der Waals surface area contributed by atoms with Crippen LogP contribution in [-0.4, -0.2) is 25.0 Å². The fourth-order valence-electron chi connectivity index (χ4n) is 4.31. The number of amides is 1. The third-order valence-corrected chi connectivity index (χ3v) is 7.20. The van der Waals surface area contributed by atoms with Gasteiger partial charge in [-0.1, -0.05) is 72.2 Å². The molecular formula is C31H25Cl3NNaO5. The van der Waals surface area contributed by atoms with Crippen LogP contribution in [0.5, 0.6) is 17.2 Å². The Kier molecular flexibility index (Phi) is 12.0. The van der Waals surface area contributed by atoms with Crippen molar-refractivity contribution < 1.29 is 53.7 Å². The molecule has 1 atom stereocenters. The third-order valence-electron chi connectivity index (χ3n) is 6.35. The van der Waals surface area contributed by atoms with Crippen molar-refractivity contribution in [2.45, 2.75) is 18.8 Å². The molecule has 1 heterocycles. The third kappa shape index (κ3) is 8.19. The summed E-state index contributed by atoms with van der Waals surface area (Å²) in [4.78, 5) is 24.1. The van der Waals surface area contributed by atoms with Crippen LogP contribution in [0.15, 0.2) is 84.9 Å². The zero-order valence-corrected chi connectivity index (χ0v) is 26.6. The molecule has 1 unspecified atom stereocenters. The number of hydrogen-bond acceptors (Lipinski definition) is 5. The number of aliphatic carboxylic acids is 1. The van der Waals surface area contributed by atoms with Crippen LogP contribution in [0.2, 0.25) is 10.0 Å². The Balaban J connectivity index is 0.00000462. The van der Waals surface area contributed by atoms with Gasteiger partial charge in [0.1, 0.15) is 17.2 Å². The first-order valence-electron chi connectivity index (χ1n) is 12.4. The molecule has 3 aromatic rings. The van der Waals surface area contributed by atoms with Gasteiger partial charge in [0, 0.05) is 45.7 Å². The Morgan fingerprint density at radius 2 is 1.78 bits per heavy atom. The van der Waals surface area contributed by atoms with E-state index in [-0.39, 0.29) is 47.1 Å². The first-order valence-corrected chi connectivity index (χ1v) is 13.5. The molecule has 1 N–H and O–H groups in total. The molecule has 0 spiro atoms. The van der Waals surface area contributed by atoms with Crippen molar-refractivity contribution in [2.24, 2.45) is 0 Å². The molecule has 1 aliphatic heterocycles. The molecule has 41 heavy (non-hydrogen) atoms. The van der Waals surface area contributed by atoms with E-state index in [1.165, 1.54) is 6.07 Å². The second-order valence-electron chi connectivity index (χ2n) is 8.99. The van der Waals surface area contributed by atoms with E-state index in [0.29, 0.717) is 57.8 Å². The van der Waals surface area contributed by atoms with Crippen LogP contribution in [-0.2, 0) is 11.2 Å². The van der Waals surface area contributed by atoms with Gasteiger partial charge in [-0.3, -0.25) is 4.79 Å². The van der Waals surface area contributed by atoms with Crippen molar-refractivity contribution in [3.8, 4) is 17.2 Å². The van der Waals surface area contributed by atoms with E-state index in [2.05, 4.69) is 18.5 Å². The normalized spacial score (nSPS) is 14.1. The van der Waals surface area contributed by atoms with E-state index in [4.69, 9.17) is 44.3 Å². The number of carbonyl (C=O) groups excluding carboxylic acids is 2. The van der Waals surface area contributed by atoms with E-state index in [1.807, 2.05) is 18.2 Å². The van der Waals surface area contributed by atoms with Crippen molar-refractivity contribution in [1.82, 2.24) is 5.32 Å². The molecule has 0 radical (unpaired) electrons. The summed E-state index contributed by atoms with van der Waals surface area (Å²) < 4.78 is 11.5.